The number of aromatic amines is 1. The van der Waals surface area contributed by atoms with Gasteiger partial charge in [-0.1, -0.05) is 25.4 Å². The third-order valence-electron chi connectivity index (χ3n) is 6.02. The van der Waals surface area contributed by atoms with E-state index in [4.69, 9.17) is 16.7 Å². The van der Waals surface area contributed by atoms with Crippen LogP contribution in [0.15, 0.2) is 18.3 Å². The molecule has 1 aliphatic rings. The number of fused-ring (bicyclic) bond motifs is 1. The van der Waals surface area contributed by atoms with E-state index < -0.39 is 11.5 Å². The molecule has 0 unspecified atom stereocenters. The summed E-state index contributed by atoms with van der Waals surface area (Å²) in [5.41, 5.74) is 1.16. The monoisotopic (exact) mass is 408 g/mol. The molecule has 7 nitrogen and oxygen atoms in total. The molecule has 2 amide bonds. The van der Waals surface area contributed by atoms with Crippen molar-refractivity contribution >= 4 is 28.5 Å². The van der Waals surface area contributed by atoms with Crippen molar-refractivity contribution in [2.45, 2.75) is 45.8 Å². The van der Waals surface area contributed by atoms with Crippen molar-refractivity contribution in [1.29, 1.82) is 0 Å². The molecule has 0 bridgehead atoms. The Morgan fingerprint density at radius 2 is 2.11 bits per heavy atom. The number of hydrogen-bond acceptors (Lipinski definition) is 4. The number of rotatable bonds is 5. The highest BCUT2D eigenvalue weighted by atomic mass is 35.5. The zero-order chi connectivity index (χ0) is 20.5. The van der Waals surface area contributed by atoms with Gasteiger partial charge in [0.1, 0.15) is 0 Å². The quantitative estimate of drug-likeness (QED) is 0.610. The predicted molar refractivity (Wildman–Crippen MR) is 109 cm³/mol. The Kier molecular flexibility index (Phi) is 6.17. The molecular formula is C20H29ClN4O3. The van der Waals surface area contributed by atoms with Crippen LogP contribution in [0.5, 0.6) is 0 Å². The molecule has 154 valence electrons. The standard InChI is InChI=1S/C20H29ClN4O3/c1-12(11-26)23-19(28)25-6-4-14(5-7-25)20(2,3)18(27)16-9-15(21)8-13-10-22-24-17(13)16/h8-10,12,14,18,26-27H,4-7,11H2,1-3H3,(H,22,24)(H,23,28)/t12-,18+/m0/s1. The van der Waals surface area contributed by atoms with Crippen molar-refractivity contribution < 1.29 is 15.0 Å². The lowest BCUT2D eigenvalue weighted by Gasteiger charge is -2.43. The van der Waals surface area contributed by atoms with Crippen molar-refractivity contribution in [3.63, 3.8) is 0 Å². The molecule has 3 rings (SSSR count). The second-order valence-electron chi connectivity index (χ2n) is 8.35. The maximum absolute atomic E-state index is 12.3. The smallest absolute Gasteiger partial charge is 0.317 e. The summed E-state index contributed by atoms with van der Waals surface area (Å²) in [4.78, 5) is 14.0. The number of H-pyrrole nitrogens is 1. The van der Waals surface area contributed by atoms with Crippen LogP contribution >= 0.6 is 11.6 Å². The number of carbonyl (C=O) groups is 1. The van der Waals surface area contributed by atoms with E-state index >= 15 is 0 Å². The second-order valence-corrected chi connectivity index (χ2v) is 8.78. The van der Waals surface area contributed by atoms with E-state index in [2.05, 4.69) is 29.4 Å². The highest BCUT2D eigenvalue weighted by Gasteiger charge is 2.40. The topological polar surface area (TPSA) is 101 Å². The normalized spacial score (nSPS) is 18.3. The molecular weight excluding hydrogens is 380 g/mol. The van der Waals surface area contributed by atoms with Gasteiger partial charge in [-0.05, 0) is 43.2 Å². The first-order valence-electron chi connectivity index (χ1n) is 9.71. The van der Waals surface area contributed by atoms with Gasteiger partial charge in [0.25, 0.3) is 0 Å². The number of likely N-dealkylation sites (tertiary alicyclic amines) is 1. The largest absolute Gasteiger partial charge is 0.394 e. The van der Waals surface area contributed by atoms with Crippen LogP contribution in [0.1, 0.15) is 45.3 Å². The summed E-state index contributed by atoms with van der Waals surface area (Å²) in [5.74, 6) is 0.249. The fraction of sp³-hybridized carbons (Fsp3) is 0.600. The molecule has 0 saturated carbocycles. The van der Waals surface area contributed by atoms with Gasteiger partial charge >= 0.3 is 6.03 Å². The van der Waals surface area contributed by atoms with E-state index in [0.29, 0.717) is 18.1 Å². The Balaban J connectivity index is 1.71. The number of nitrogens with one attached hydrogen (secondary N) is 2. The summed E-state index contributed by atoms with van der Waals surface area (Å²) in [7, 11) is 0. The number of aromatic nitrogens is 2. The lowest BCUT2D eigenvalue weighted by molar-refractivity contribution is -0.0144. The highest BCUT2D eigenvalue weighted by molar-refractivity contribution is 6.31. The Labute approximate surface area is 170 Å². The van der Waals surface area contributed by atoms with Gasteiger partial charge in [-0.25, -0.2) is 4.79 Å². The van der Waals surface area contributed by atoms with Gasteiger partial charge in [0.15, 0.2) is 0 Å². The number of piperidine rings is 1. The van der Waals surface area contributed by atoms with Crippen molar-refractivity contribution in [2.24, 2.45) is 11.3 Å². The molecule has 28 heavy (non-hydrogen) atoms. The molecule has 1 aromatic carbocycles. The molecule has 1 fully saturated rings. The Morgan fingerprint density at radius 3 is 2.75 bits per heavy atom. The summed E-state index contributed by atoms with van der Waals surface area (Å²) in [6.07, 6.45) is 2.60. The zero-order valence-corrected chi connectivity index (χ0v) is 17.3. The molecule has 2 aromatic rings. The Hall–Kier alpha value is -1.83. The van der Waals surface area contributed by atoms with Gasteiger partial charge in [0.05, 0.1) is 30.5 Å². The fourth-order valence-electron chi connectivity index (χ4n) is 4.06. The van der Waals surface area contributed by atoms with Crippen LogP contribution in [-0.2, 0) is 0 Å². The summed E-state index contributed by atoms with van der Waals surface area (Å²) >= 11 is 6.25. The van der Waals surface area contributed by atoms with Crippen LogP contribution < -0.4 is 5.32 Å². The number of aliphatic hydroxyl groups excluding tert-OH is 2. The number of aliphatic hydroxyl groups is 2. The first-order chi connectivity index (χ1) is 13.2. The average molecular weight is 409 g/mol. The van der Waals surface area contributed by atoms with Crippen molar-refractivity contribution in [1.82, 2.24) is 20.4 Å². The predicted octanol–water partition coefficient (Wildman–Crippen LogP) is 3.08. The SMILES string of the molecule is C[C@@H](CO)NC(=O)N1CCC(C(C)(C)[C@H](O)c2cc(Cl)cc3cn[nH]c23)CC1. The minimum absolute atomic E-state index is 0.0802. The van der Waals surface area contributed by atoms with Gasteiger partial charge in [0.2, 0.25) is 0 Å². The summed E-state index contributed by atoms with van der Waals surface area (Å²) in [6, 6.07) is 3.22. The molecule has 4 N–H and O–H groups in total. The molecule has 0 spiro atoms. The lowest BCUT2D eigenvalue weighted by atomic mass is 9.68. The maximum atomic E-state index is 12.3. The summed E-state index contributed by atoms with van der Waals surface area (Å²) in [6.45, 7) is 7.07. The van der Waals surface area contributed by atoms with E-state index in [9.17, 15) is 9.90 Å². The first-order valence-corrected chi connectivity index (χ1v) is 10.1. The van der Waals surface area contributed by atoms with Gasteiger partial charge < -0.3 is 20.4 Å². The van der Waals surface area contributed by atoms with Crippen LogP contribution in [0.4, 0.5) is 4.79 Å². The molecule has 1 aromatic heterocycles. The van der Waals surface area contributed by atoms with Gasteiger partial charge in [0, 0.05) is 29.1 Å². The summed E-state index contributed by atoms with van der Waals surface area (Å²) < 4.78 is 0. The number of amides is 2. The number of benzene rings is 1. The molecule has 8 heteroatoms. The first kappa shape index (κ1) is 20.9. The molecule has 2 heterocycles. The van der Waals surface area contributed by atoms with Crippen molar-refractivity contribution in [2.75, 3.05) is 19.7 Å². The molecule has 0 radical (unpaired) electrons. The number of hydrogen-bond donors (Lipinski definition) is 4. The van der Waals surface area contributed by atoms with Gasteiger partial charge in [-0.2, -0.15) is 5.10 Å². The maximum Gasteiger partial charge on any atom is 0.317 e. The van der Waals surface area contributed by atoms with Crippen LogP contribution in [0, 0.1) is 11.3 Å². The third-order valence-corrected chi connectivity index (χ3v) is 6.24. The van der Waals surface area contributed by atoms with E-state index in [1.807, 2.05) is 6.07 Å². The van der Waals surface area contributed by atoms with E-state index in [0.717, 1.165) is 29.3 Å². The van der Waals surface area contributed by atoms with E-state index in [1.165, 1.54) is 0 Å². The Bertz CT molecular complexity index is 830. The summed E-state index contributed by atoms with van der Waals surface area (Å²) in [5, 5.41) is 31.6. The fourth-order valence-corrected chi connectivity index (χ4v) is 4.30. The second kappa shape index (κ2) is 8.27. The highest BCUT2D eigenvalue weighted by Crippen LogP contribution is 2.46. The number of carbonyl (C=O) groups excluding carboxylic acids is 1. The lowest BCUT2D eigenvalue weighted by Crippen LogP contribution is -2.49. The number of urea groups is 1. The molecule has 1 aliphatic heterocycles. The molecule has 1 saturated heterocycles. The van der Waals surface area contributed by atoms with Crippen LogP contribution in [-0.4, -0.2) is 57.1 Å². The molecule has 0 aliphatic carbocycles. The van der Waals surface area contributed by atoms with Gasteiger partial charge in [-0.15, -0.1) is 0 Å². The van der Waals surface area contributed by atoms with E-state index in [-0.39, 0.29) is 24.6 Å². The van der Waals surface area contributed by atoms with Crippen molar-refractivity contribution in [3.05, 3.63) is 28.9 Å². The Morgan fingerprint density at radius 1 is 1.43 bits per heavy atom. The minimum Gasteiger partial charge on any atom is -0.394 e. The zero-order valence-electron chi connectivity index (χ0n) is 16.6. The minimum atomic E-state index is -0.714. The van der Waals surface area contributed by atoms with Crippen molar-refractivity contribution in [3.8, 4) is 0 Å². The average Bonchev–Trinajstić information content (AvgIpc) is 3.14. The number of halogens is 1. The number of nitrogens with zero attached hydrogens (tertiary/aromatic N) is 2. The molecule has 2 atom stereocenters. The van der Waals surface area contributed by atoms with Gasteiger partial charge in [-0.3, -0.25) is 5.10 Å². The van der Waals surface area contributed by atoms with Crippen LogP contribution in [0.3, 0.4) is 0 Å². The van der Waals surface area contributed by atoms with E-state index in [1.54, 1.807) is 24.1 Å². The van der Waals surface area contributed by atoms with Crippen LogP contribution in [0.25, 0.3) is 10.9 Å². The van der Waals surface area contributed by atoms with Crippen LogP contribution in [0.2, 0.25) is 5.02 Å². The third kappa shape index (κ3) is 4.11.